The minimum absolute atomic E-state index is 0.324. The predicted molar refractivity (Wildman–Crippen MR) is 103 cm³/mol. The number of carbonyl (C=O) groups is 1. The topological polar surface area (TPSA) is 58.4 Å². The lowest BCUT2D eigenvalue weighted by atomic mass is 9.84. The Bertz CT molecular complexity index is 572. The van der Waals surface area contributed by atoms with Crippen LogP contribution >= 0.6 is 0 Å². The molecule has 2 bridgehead atoms. The Morgan fingerprint density at radius 2 is 1.96 bits per heavy atom. The predicted octanol–water partition coefficient (Wildman–Crippen LogP) is 3.13. The molecule has 4 heteroatoms. The Morgan fingerprint density at radius 3 is 2.60 bits per heavy atom. The second-order valence-electron chi connectivity index (χ2n) is 8.21. The standard InChI is InChI=1S/C21H33N3O/c1-15(2)8-9-23-10-11-24-19-6-7-20(24)14-18(13-19)16-4-3-5-17(12-16)21(22)25/h3-5,12,15,18-20,23H,6-11,13-14H2,1-2H3,(H2,22,25)/t18-,19+,20-. The van der Waals surface area contributed by atoms with Gasteiger partial charge < -0.3 is 11.1 Å². The highest BCUT2D eigenvalue weighted by atomic mass is 16.1. The second-order valence-corrected chi connectivity index (χ2v) is 8.21. The number of nitrogens with zero attached hydrogens (tertiary/aromatic N) is 1. The Labute approximate surface area is 152 Å². The van der Waals surface area contributed by atoms with Crippen molar-refractivity contribution in [2.75, 3.05) is 19.6 Å². The normalized spacial score (nSPS) is 26.3. The molecule has 0 saturated carbocycles. The quantitative estimate of drug-likeness (QED) is 0.713. The summed E-state index contributed by atoms with van der Waals surface area (Å²) in [6, 6.07) is 9.37. The van der Waals surface area contributed by atoms with Gasteiger partial charge in [0.2, 0.25) is 5.91 Å². The van der Waals surface area contributed by atoms with E-state index in [0.717, 1.165) is 19.0 Å². The minimum Gasteiger partial charge on any atom is -0.366 e. The minimum atomic E-state index is -0.324. The molecule has 2 aliphatic rings. The summed E-state index contributed by atoms with van der Waals surface area (Å²) in [4.78, 5) is 14.2. The van der Waals surface area contributed by atoms with Crippen LogP contribution < -0.4 is 11.1 Å². The number of piperidine rings is 1. The van der Waals surface area contributed by atoms with E-state index in [4.69, 9.17) is 5.73 Å². The highest BCUT2D eigenvalue weighted by molar-refractivity contribution is 5.92. The van der Waals surface area contributed by atoms with E-state index < -0.39 is 0 Å². The molecule has 1 aromatic carbocycles. The zero-order chi connectivity index (χ0) is 17.8. The molecule has 1 aromatic rings. The maximum atomic E-state index is 11.4. The maximum Gasteiger partial charge on any atom is 0.248 e. The molecule has 3 atom stereocenters. The van der Waals surface area contributed by atoms with Gasteiger partial charge in [0, 0.05) is 30.7 Å². The van der Waals surface area contributed by atoms with Crippen LogP contribution in [-0.4, -0.2) is 42.5 Å². The lowest BCUT2D eigenvalue weighted by Gasteiger charge is -2.39. The molecule has 0 aliphatic carbocycles. The number of hydrogen-bond donors (Lipinski definition) is 2. The zero-order valence-electron chi connectivity index (χ0n) is 15.7. The first-order valence-electron chi connectivity index (χ1n) is 9.91. The molecule has 1 amide bonds. The molecule has 138 valence electrons. The number of nitrogens with two attached hydrogens (primary N) is 1. The van der Waals surface area contributed by atoms with Crippen LogP contribution in [0.1, 0.15) is 67.8 Å². The van der Waals surface area contributed by atoms with Gasteiger partial charge >= 0.3 is 0 Å². The van der Waals surface area contributed by atoms with Crippen LogP contribution in [0.15, 0.2) is 24.3 Å². The number of amides is 1. The fourth-order valence-corrected chi connectivity index (χ4v) is 4.58. The van der Waals surface area contributed by atoms with Crippen LogP contribution in [-0.2, 0) is 0 Å². The molecule has 0 aromatic heterocycles. The SMILES string of the molecule is CC(C)CCNCCN1[C@@H]2CC[C@H]1C[C@@H](c1cccc(C(N)=O)c1)C2. The average molecular weight is 344 g/mol. The van der Waals surface area contributed by atoms with Crippen molar-refractivity contribution in [3.05, 3.63) is 35.4 Å². The van der Waals surface area contributed by atoms with E-state index in [1.54, 1.807) is 0 Å². The highest BCUT2D eigenvalue weighted by Gasteiger charge is 2.40. The van der Waals surface area contributed by atoms with E-state index in [0.29, 0.717) is 23.6 Å². The third-order valence-electron chi connectivity index (χ3n) is 5.97. The Balaban J connectivity index is 1.53. The molecule has 0 radical (unpaired) electrons. The number of benzene rings is 1. The summed E-state index contributed by atoms with van der Waals surface area (Å²) in [5, 5.41) is 3.60. The van der Waals surface area contributed by atoms with Crippen LogP contribution in [0.2, 0.25) is 0 Å². The smallest absolute Gasteiger partial charge is 0.248 e. The molecule has 2 fully saturated rings. The Hall–Kier alpha value is -1.39. The van der Waals surface area contributed by atoms with Gasteiger partial charge in [0.25, 0.3) is 0 Å². The van der Waals surface area contributed by atoms with Gasteiger partial charge in [-0.1, -0.05) is 26.0 Å². The average Bonchev–Trinajstić information content (AvgIpc) is 2.82. The molecular weight excluding hydrogens is 310 g/mol. The summed E-state index contributed by atoms with van der Waals surface area (Å²) in [7, 11) is 0. The fraction of sp³-hybridized carbons (Fsp3) is 0.667. The Kier molecular flexibility index (Phi) is 6.13. The highest BCUT2D eigenvalue weighted by Crippen LogP contribution is 2.42. The summed E-state index contributed by atoms with van der Waals surface area (Å²) in [5.74, 6) is 1.02. The van der Waals surface area contributed by atoms with Crippen molar-refractivity contribution >= 4 is 5.91 Å². The number of nitrogens with one attached hydrogen (secondary N) is 1. The van der Waals surface area contributed by atoms with Crippen molar-refractivity contribution in [3.63, 3.8) is 0 Å². The van der Waals surface area contributed by atoms with Crippen LogP contribution in [0.25, 0.3) is 0 Å². The third kappa shape index (κ3) is 4.62. The molecular formula is C21H33N3O. The first-order chi connectivity index (χ1) is 12.0. The van der Waals surface area contributed by atoms with Crippen LogP contribution in [0.3, 0.4) is 0 Å². The molecule has 2 saturated heterocycles. The summed E-state index contributed by atoms with van der Waals surface area (Å²) in [6.07, 6.45) is 6.33. The molecule has 2 aliphatic heterocycles. The van der Waals surface area contributed by atoms with Gasteiger partial charge in [-0.3, -0.25) is 9.69 Å². The van der Waals surface area contributed by atoms with Crippen molar-refractivity contribution in [1.82, 2.24) is 10.2 Å². The molecule has 2 heterocycles. The van der Waals surface area contributed by atoms with Crippen molar-refractivity contribution < 1.29 is 4.79 Å². The lowest BCUT2D eigenvalue weighted by Crippen LogP contribution is -2.45. The third-order valence-corrected chi connectivity index (χ3v) is 5.97. The summed E-state index contributed by atoms with van der Waals surface area (Å²) >= 11 is 0. The summed E-state index contributed by atoms with van der Waals surface area (Å²) in [5.41, 5.74) is 7.38. The van der Waals surface area contributed by atoms with Gasteiger partial charge in [-0.05, 0) is 68.2 Å². The van der Waals surface area contributed by atoms with Crippen LogP contribution in [0.4, 0.5) is 0 Å². The number of primary amides is 1. The van der Waals surface area contributed by atoms with Gasteiger partial charge in [-0.2, -0.15) is 0 Å². The molecule has 4 nitrogen and oxygen atoms in total. The molecule has 3 rings (SSSR count). The van der Waals surface area contributed by atoms with E-state index in [1.165, 1.54) is 44.2 Å². The van der Waals surface area contributed by atoms with Crippen molar-refractivity contribution in [2.45, 2.75) is 64.0 Å². The number of fused-ring (bicyclic) bond motifs is 2. The summed E-state index contributed by atoms with van der Waals surface area (Å²) < 4.78 is 0. The number of hydrogen-bond acceptors (Lipinski definition) is 3. The van der Waals surface area contributed by atoms with Gasteiger partial charge in [0.1, 0.15) is 0 Å². The van der Waals surface area contributed by atoms with Gasteiger partial charge in [0.05, 0.1) is 0 Å². The molecule has 0 spiro atoms. The van der Waals surface area contributed by atoms with Crippen LogP contribution in [0, 0.1) is 5.92 Å². The number of carbonyl (C=O) groups excluding carboxylic acids is 1. The van der Waals surface area contributed by atoms with Gasteiger partial charge in [0.15, 0.2) is 0 Å². The van der Waals surface area contributed by atoms with Gasteiger partial charge in [-0.25, -0.2) is 0 Å². The Morgan fingerprint density at radius 1 is 1.24 bits per heavy atom. The van der Waals surface area contributed by atoms with Crippen LogP contribution in [0.5, 0.6) is 0 Å². The molecule has 25 heavy (non-hydrogen) atoms. The molecule has 0 unspecified atom stereocenters. The van der Waals surface area contributed by atoms with Crippen molar-refractivity contribution in [2.24, 2.45) is 11.7 Å². The lowest BCUT2D eigenvalue weighted by molar-refractivity contribution is 0.1000. The maximum absolute atomic E-state index is 11.4. The van der Waals surface area contributed by atoms with E-state index >= 15 is 0 Å². The fourth-order valence-electron chi connectivity index (χ4n) is 4.58. The van der Waals surface area contributed by atoms with E-state index in [-0.39, 0.29) is 5.91 Å². The van der Waals surface area contributed by atoms with Crippen molar-refractivity contribution in [3.8, 4) is 0 Å². The first-order valence-corrected chi connectivity index (χ1v) is 9.91. The largest absolute Gasteiger partial charge is 0.366 e. The monoisotopic (exact) mass is 343 g/mol. The van der Waals surface area contributed by atoms with E-state index in [2.05, 4.69) is 30.1 Å². The zero-order valence-corrected chi connectivity index (χ0v) is 15.7. The van der Waals surface area contributed by atoms with Gasteiger partial charge in [-0.15, -0.1) is 0 Å². The second kappa shape index (κ2) is 8.33. The first kappa shape index (κ1) is 18.4. The van der Waals surface area contributed by atoms with Crippen molar-refractivity contribution in [1.29, 1.82) is 0 Å². The number of rotatable bonds is 8. The van der Waals surface area contributed by atoms with E-state index in [1.807, 2.05) is 18.2 Å². The van der Waals surface area contributed by atoms with E-state index in [9.17, 15) is 4.79 Å². The summed E-state index contributed by atoms with van der Waals surface area (Å²) in [6.45, 7) is 7.95. The molecule has 3 N–H and O–H groups in total.